The molecule has 0 N–H and O–H groups in total. The minimum absolute atomic E-state index is 0.0489. The fraction of sp³-hybridized carbons (Fsp3) is 0. The molecule has 0 radical (unpaired) electrons. The van der Waals surface area contributed by atoms with E-state index in [2.05, 4.69) is 10.2 Å². The molecule has 0 bridgehead atoms. The molecule has 1 saturated heterocycles. The lowest BCUT2D eigenvalue weighted by Gasteiger charge is -2.16. The molecular weight excluding hydrogens is 352 g/mol. The topological polar surface area (TPSA) is 65.3 Å². The summed E-state index contributed by atoms with van der Waals surface area (Å²) in [5, 5.41) is 8.12. The van der Waals surface area contributed by atoms with E-state index < -0.39 is 11.9 Å². The number of rotatable bonds is 4. The standard InChI is InChI=1S/C22H16N4O2/c27-21-20(24-23-16-17-10-4-1-5-11-17)25(18-12-6-2-7-13-18)22(28)26(21)19-14-8-3-9-15-19/h1-16H/b23-16+,24-20-. The molecular formula is C22H16N4O2. The van der Waals surface area contributed by atoms with Gasteiger partial charge in [-0.15, -0.1) is 5.10 Å². The summed E-state index contributed by atoms with van der Waals surface area (Å²) in [5.41, 5.74) is 1.87. The number of hydrogen-bond acceptors (Lipinski definition) is 4. The molecule has 6 nitrogen and oxygen atoms in total. The van der Waals surface area contributed by atoms with Crippen molar-refractivity contribution in [3.8, 4) is 0 Å². The molecule has 0 unspecified atom stereocenters. The van der Waals surface area contributed by atoms with Crippen molar-refractivity contribution >= 4 is 35.4 Å². The van der Waals surface area contributed by atoms with Crippen molar-refractivity contribution in [1.29, 1.82) is 0 Å². The molecule has 0 spiro atoms. The molecule has 0 saturated carbocycles. The number of benzene rings is 3. The second-order valence-corrected chi connectivity index (χ2v) is 6.01. The number of anilines is 2. The highest BCUT2D eigenvalue weighted by molar-refractivity contribution is 6.61. The number of nitrogens with zero attached hydrogens (tertiary/aromatic N) is 4. The average molecular weight is 368 g/mol. The van der Waals surface area contributed by atoms with Gasteiger partial charge in [0.15, 0.2) is 0 Å². The van der Waals surface area contributed by atoms with Gasteiger partial charge in [0.05, 0.1) is 17.6 Å². The maximum atomic E-state index is 13.1. The first-order chi connectivity index (χ1) is 13.8. The van der Waals surface area contributed by atoms with Crippen LogP contribution in [0, 0.1) is 0 Å². The Hall–Kier alpha value is -4.06. The van der Waals surface area contributed by atoms with Crippen LogP contribution >= 0.6 is 0 Å². The summed E-state index contributed by atoms with van der Waals surface area (Å²) >= 11 is 0. The van der Waals surface area contributed by atoms with E-state index in [1.165, 1.54) is 4.90 Å². The maximum Gasteiger partial charge on any atom is 0.342 e. The van der Waals surface area contributed by atoms with E-state index in [4.69, 9.17) is 0 Å². The normalized spacial score (nSPS) is 15.8. The van der Waals surface area contributed by atoms with Gasteiger partial charge in [-0.1, -0.05) is 66.7 Å². The number of imide groups is 1. The first-order valence-electron chi connectivity index (χ1n) is 8.70. The molecule has 0 aliphatic carbocycles. The van der Waals surface area contributed by atoms with Gasteiger partial charge in [-0.05, 0) is 29.8 Å². The van der Waals surface area contributed by atoms with Gasteiger partial charge in [-0.2, -0.15) is 5.10 Å². The number of amidine groups is 1. The number of urea groups is 1. The molecule has 1 heterocycles. The van der Waals surface area contributed by atoms with Gasteiger partial charge < -0.3 is 0 Å². The second-order valence-electron chi connectivity index (χ2n) is 6.01. The molecule has 1 aliphatic heterocycles. The largest absolute Gasteiger partial charge is 0.342 e. The minimum Gasteiger partial charge on any atom is -0.264 e. The predicted octanol–water partition coefficient (Wildman–Crippen LogP) is 4.09. The Kier molecular flexibility index (Phi) is 4.76. The molecule has 3 aromatic rings. The number of hydrogen-bond donors (Lipinski definition) is 0. The van der Waals surface area contributed by atoms with Crippen LogP contribution in [0.1, 0.15) is 5.56 Å². The Bertz CT molecular complexity index is 1050. The van der Waals surface area contributed by atoms with Gasteiger partial charge in [-0.3, -0.25) is 4.79 Å². The molecule has 3 aromatic carbocycles. The van der Waals surface area contributed by atoms with E-state index in [9.17, 15) is 9.59 Å². The third kappa shape index (κ3) is 3.31. The maximum absolute atomic E-state index is 13.1. The lowest BCUT2D eigenvalue weighted by atomic mass is 10.2. The quantitative estimate of drug-likeness (QED) is 0.395. The van der Waals surface area contributed by atoms with Gasteiger partial charge in [0, 0.05) is 0 Å². The summed E-state index contributed by atoms with van der Waals surface area (Å²) in [5.74, 6) is -0.572. The zero-order valence-corrected chi connectivity index (χ0v) is 14.8. The molecule has 1 aliphatic rings. The van der Waals surface area contributed by atoms with Gasteiger partial charge in [-0.25, -0.2) is 14.6 Å². The van der Waals surface area contributed by atoms with Crippen LogP contribution in [0.15, 0.2) is 101 Å². The Morgan fingerprint density at radius 1 is 0.643 bits per heavy atom. The van der Waals surface area contributed by atoms with E-state index in [1.807, 2.05) is 42.5 Å². The van der Waals surface area contributed by atoms with Gasteiger partial charge in [0.1, 0.15) is 0 Å². The van der Waals surface area contributed by atoms with Crippen LogP contribution in [0.4, 0.5) is 16.2 Å². The smallest absolute Gasteiger partial charge is 0.264 e. The molecule has 0 atom stereocenters. The Morgan fingerprint density at radius 3 is 1.71 bits per heavy atom. The lowest BCUT2D eigenvalue weighted by molar-refractivity contribution is -0.111. The predicted molar refractivity (Wildman–Crippen MR) is 110 cm³/mol. The summed E-state index contributed by atoms with van der Waals surface area (Å²) in [4.78, 5) is 28.4. The number of carbonyl (C=O) groups excluding carboxylic acids is 2. The monoisotopic (exact) mass is 368 g/mol. The highest BCUT2D eigenvalue weighted by atomic mass is 16.2. The molecule has 136 valence electrons. The second kappa shape index (κ2) is 7.67. The van der Waals surface area contributed by atoms with Crippen LogP contribution in [0.25, 0.3) is 0 Å². The highest BCUT2D eigenvalue weighted by Gasteiger charge is 2.44. The van der Waals surface area contributed by atoms with Gasteiger partial charge in [0.2, 0.25) is 5.84 Å². The van der Waals surface area contributed by atoms with Crippen molar-refractivity contribution < 1.29 is 9.59 Å². The lowest BCUT2D eigenvalue weighted by Crippen LogP contribution is -2.33. The highest BCUT2D eigenvalue weighted by Crippen LogP contribution is 2.27. The van der Waals surface area contributed by atoms with Crippen molar-refractivity contribution in [2.45, 2.75) is 0 Å². The fourth-order valence-electron chi connectivity index (χ4n) is 2.86. The minimum atomic E-state index is -0.523. The number of carbonyl (C=O) groups is 2. The van der Waals surface area contributed by atoms with Crippen LogP contribution < -0.4 is 9.80 Å². The van der Waals surface area contributed by atoms with Crippen LogP contribution in [-0.2, 0) is 4.79 Å². The number of para-hydroxylation sites is 2. The van der Waals surface area contributed by atoms with E-state index in [0.29, 0.717) is 11.4 Å². The van der Waals surface area contributed by atoms with E-state index in [0.717, 1.165) is 10.5 Å². The zero-order chi connectivity index (χ0) is 19.3. The molecule has 6 heteroatoms. The molecule has 4 rings (SSSR count). The molecule has 28 heavy (non-hydrogen) atoms. The van der Waals surface area contributed by atoms with E-state index in [-0.39, 0.29) is 5.84 Å². The van der Waals surface area contributed by atoms with Crippen molar-refractivity contribution in [3.63, 3.8) is 0 Å². The average Bonchev–Trinajstić information content (AvgIpc) is 3.00. The summed E-state index contributed by atoms with van der Waals surface area (Å²) in [6, 6.07) is 26.6. The van der Waals surface area contributed by atoms with E-state index in [1.54, 1.807) is 54.7 Å². The van der Waals surface area contributed by atoms with Gasteiger partial charge in [0.25, 0.3) is 0 Å². The third-order valence-electron chi connectivity index (χ3n) is 4.18. The number of amides is 3. The Balaban J connectivity index is 1.75. The third-order valence-corrected chi connectivity index (χ3v) is 4.18. The Labute approximate surface area is 162 Å². The van der Waals surface area contributed by atoms with Crippen molar-refractivity contribution in [3.05, 3.63) is 96.6 Å². The summed E-state index contributed by atoms with van der Waals surface area (Å²) in [6.45, 7) is 0. The van der Waals surface area contributed by atoms with Crippen molar-refractivity contribution in [2.75, 3.05) is 9.80 Å². The van der Waals surface area contributed by atoms with Crippen LogP contribution in [0.5, 0.6) is 0 Å². The van der Waals surface area contributed by atoms with E-state index >= 15 is 0 Å². The first kappa shape index (κ1) is 17.4. The van der Waals surface area contributed by atoms with Gasteiger partial charge >= 0.3 is 11.9 Å². The summed E-state index contributed by atoms with van der Waals surface area (Å²) in [7, 11) is 0. The zero-order valence-electron chi connectivity index (χ0n) is 14.8. The van der Waals surface area contributed by atoms with Crippen LogP contribution in [0.2, 0.25) is 0 Å². The molecule has 1 fully saturated rings. The SMILES string of the molecule is O=C1/C(=N/N=C/c2ccccc2)N(c2ccccc2)C(=O)N1c1ccccc1. The molecule has 0 aromatic heterocycles. The van der Waals surface area contributed by atoms with Crippen LogP contribution in [-0.4, -0.2) is 24.0 Å². The fourth-order valence-corrected chi connectivity index (χ4v) is 2.86. The van der Waals surface area contributed by atoms with Crippen molar-refractivity contribution in [1.82, 2.24) is 0 Å². The first-order valence-corrected chi connectivity index (χ1v) is 8.70. The Morgan fingerprint density at radius 2 is 1.14 bits per heavy atom. The summed E-state index contributed by atoms with van der Waals surface area (Å²) < 4.78 is 0. The molecule has 3 amide bonds. The summed E-state index contributed by atoms with van der Waals surface area (Å²) in [6.07, 6.45) is 1.54. The van der Waals surface area contributed by atoms with Crippen LogP contribution in [0.3, 0.4) is 0 Å². The van der Waals surface area contributed by atoms with Crippen molar-refractivity contribution in [2.24, 2.45) is 10.2 Å².